The van der Waals surface area contributed by atoms with Crippen molar-refractivity contribution in [2.75, 3.05) is 0 Å². The van der Waals surface area contributed by atoms with Crippen LogP contribution < -0.4 is 5.56 Å². The third-order valence-corrected chi connectivity index (χ3v) is 4.37. The first-order chi connectivity index (χ1) is 10.7. The van der Waals surface area contributed by atoms with Gasteiger partial charge in [0.25, 0.3) is 5.56 Å². The maximum Gasteiger partial charge on any atom is 0.274 e. The molecular weight excluding hydrogens is 296 g/mol. The molecule has 2 aromatic carbocycles. The smallest absolute Gasteiger partial charge is 0.267 e. The Bertz CT molecular complexity index is 895. The van der Waals surface area contributed by atoms with Crippen LogP contribution in [0.15, 0.2) is 53.3 Å². The number of nitrogens with zero attached hydrogens (tertiary/aromatic N) is 2. The van der Waals surface area contributed by atoms with Crippen LogP contribution in [0.1, 0.15) is 12.8 Å². The summed E-state index contributed by atoms with van der Waals surface area (Å²) in [5.74, 6) is 0.601. The Kier molecular flexibility index (Phi) is 3.23. The van der Waals surface area contributed by atoms with Gasteiger partial charge in [-0.2, -0.15) is 5.10 Å². The molecule has 0 saturated heterocycles. The molecule has 22 heavy (non-hydrogen) atoms. The van der Waals surface area contributed by atoms with Crippen molar-refractivity contribution < 1.29 is 0 Å². The standard InChI is InChI=1S/C18H15ClN2O/c19-14-9-7-13(8-10-14)17-15-3-1-2-4-16(15)18(22)21(20-17)11-12-5-6-12/h1-4,7-10,12H,5-6,11H2. The van der Waals surface area contributed by atoms with Crippen LogP contribution in [0.25, 0.3) is 22.0 Å². The van der Waals surface area contributed by atoms with Crippen LogP contribution in [0.2, 0.25) is 5.02 Å². The second-order valence-electron chi connectivity index (χ2n) is 5.83. The molecule has 0 aliphatic heterocycles. The molecule has 3 nitrogen and oxygen atoms in total. The van der Waals surface area contributed by atoms with Gasteiger partial charge >= 0.3 is 0 Å². The Morgan fingerprint density at radius 3 is 2.41 bits per heavy atom. The Morgan fingerprint density at radius 1 is 1.05 bits per heavy atom. The lowest BCUT2D eigenvalue weighted by atomic mass is 10.1. The second-order valence-corrected chi connectivity index (χ2v) is 6.27. The molecule has 0 bridgehead atoms. The highest BCUT2D eigenvalue weighted by Crippen LogP contribution is 2.31. The van der Waals surface area contributed by atoms with E-state index in [4.69, 9.17) is 11.6 Å². The highest BCUT2D eigenvalue weighted by molar-refractivity contribution is 6.30. The van der Waals surface area contributed by atoms with Crippen LogP contribution in [-0.2, 0) is 6.54 Å². The lowest BCUT2D eigenvalue weighted by Gasteiger charge is -2.11. The fourth-order valence-electron chi connectivity index (χ4n) is 2.72. The van der Waals surface area contributed by atoms with Crippen molar-refractivity contribution in [3.63, 3.8) is 0 Å². The molecule has 4 rings (SSSR count). The van der Waals surface area contributed by atoms with Crippen molar-refractivity contribution in [1.82, 2.24) is 9.78 Å². The average Bonchev–Trinajstić information content (AvgIpc) is 3.35. The molecule has 0 N–H and O–H groups in total. The van der Waals surface area contributed by atoms with Crippen molar-refractivity contribution in [3.8, 4) is 11.3 Å². The third kappa shape index (κ3) is 2.42. The normalized spacial score (nSPS) is 14.4. The van der Waals surface area contributed by atoms with Gasteiger partial charge in [0, 0.05) is 22.5 Å². The maximum atomic E-state index is 12.6. The van der Waals surface area contributed by atoms with Gasteiger partial charge in [0.2, 0.25) is 0 Å². The zero-order chi connectivity index (χ0) is 15.1. The van der Waals surface area contributed by atoms with Crippen molar-refractivity contribution in [3.05, 3.63) is 63.9 Å². The highest BCUT2D eigenvalue weighted by Gasteiger charge is 2.23. The third-order valence-electron chi connectivity index (χ3n) is 4.11. The fourth-order valence-corrected chi connectivity index (χ4v) is 2.85. The van der Waals surface area contributed by atoms with Gasteiger partial charge in [0.1, 0.15) is 0 Å². The molecule has 0 unspecified atom stereocenters. The predicted molar refractivity (Wildman–Crippen MR) is 89.2 cm³/mol. The molecule has 110 valence electrons. The van der Waals surface area contributed by atoms with Crippen molar-refractivity contribution in [2.45, 2.75) is 19.4 Å². The summed E-state index contributed by atoms with van der Waals surface area (Å²) in [5.41, 5.74) is 1.82. The van der Waals surface area contributed by atoms with Crippen molar-refractivity contribution in [1.29, 1.82) is 0 Å². The van der Waals surface area contributed by atoms with E-state index in [2.05, 4.69) is 5.10 Å². The van der Waals surface area contributed by atoms with E-state index < -0.39 is 0 Å². The summed E-state index contributed by atoms with van der Waals surface area (Å²) in [4.78, 5) is 12.6. The van der Waals surface area contributed by atoms with E-state index in [0.29, 0.717) is 17.5 Å². The van der Waals surface area contributed by atoms with Gasteiger partial charge in [-0.05, 0) is 37.0 Å². The molecule has 1 heterocycles. The zero-order valence-electron chi connectivity index (χ0n) is 12.0. The van der Waals surface area contributed by atoms with E-state index in [1.807, 2.05) is 48.5 Å². The summed E-state index contributed by atoms with van der Waals surface area (Å²) in [7, 11) is 0. The first kappa shape index (κ1) is 13.5. The summed E-state index contributed by atoms with van der Waals surface area (Å²) in [6.07, 6.45) is 2.38. The number of rotatable bonds is 3. The number of hydrogen-bond donors (Lipinski definition) is 0. The van der Waals surface area contributed by atoms with E-state index in [-0.39, 0.29) is 5.56 Å². The molecule has 0 atom stereocenters. The summed E-state index contributed by atoms with van der Waals surface area (Å²) < 4.78 is 1.63. The van der Waals surface area contributed by atoms with Crippen LogP contribution in [0.5, 0.6) is 0 Å². The molecule has 1 aliphatic rings. The van der Waals surface area contributed by atoms with E-state index in [1.54, 1.807) is 4.68 Å². The molecule has 4 heteroatoms. The van der Waals surface area contributed by atoms with Crippen LogP contribution in [0.3, 0.4) is 0 Å². The van der Waals surface area contributed by atoms with Crippen LogP contribution >= 0.6 is 11.6 Å². The minimum absolute atomic E-state index is 0.000198. The minimum atomic E-state index is 0.000198. The number of aromatic nitrogens is 2. The highest BCUT2D eigenvalue weighted by atomic mass is 35.5. The number of benzene rings is 2. The molecule has 1 saturated carbocycles. The number of halogens is 1. The molecule has 0 spiro atoms. The van der Waals surface area contributed by atoms with Gasteiger partial charge in [-0.1, -0.05) is 41.9 Å². The van der Waals surface area contributed by atoms with Gasteiger partial charge in [-0.15, -0.1) is 0 Å². The summed E-state index contributed by atoms with van der Waals surface area (Å²) in [6, 6.07) is 15.3. The Morgan fingerprint density at radius 2 is 1.73 bits per heavy atom. The van der Waals surface area contributed by atoms with Gasteiger partial charge in [0.15, 0.2) is 0 Å². The Balaban J connectivity index is 1.97. The van der Waals surface area contributed by atoms with Gasteiger partial charge in [-0.3, -0.25) is 4.79 Å². The molecule has 3 aromatic rings. The molecular formula is C18H15ClN2O. The number of fused-ring (bicyclic) bond motifs is 1. The van der Waals surface area contributed by atoms with Gasteiger partial charge in [0.05, 0.1) is 11.1 Å². The SMILES string of the molecule is O=c1c2ccccc2c(-c2ccc(Cl)cc2)nn1CC1CC1. The second kappa shape index (κ2) is 5.25. The lowest BCUT2D eigenvalue weighted by molar-refractivity contribution is 0.541. The van der Waals surface area contributed by atoms with Crippen LogP contribution in [0, 0.1) is 5.92 Å². The summed E-state index contributed by atoms with van der Waals surface area (Å²) in [6.45, 7) is 0.713. The van der Waals surface area contributed by atoms with E-state index in [1.165, 1.54) is 12.8 Å². The van der Waals surface area contributed by atoms with Gasteiger partial charge in [-0.25, -0.2) is 4.68 Å². The van der Waals surface area contributed by atoms with Crippen molar-refractivity contribution >= 4 is 22.4 Å². The predicted octanol–water partition coefficient (Wildman–Crippen LogP) is 4.13. The number of hydrogen-bond acceptors (Lipinski definition) is 2. The zero-order valence-corrected chi connectivity index (χ0v) is 12.8. The Labute approximate surface area is 133 Å². The summed E-state index contributed by atoms with van der Waals surface area (Å²) in [5, 5.41) is 6.95. The first-order valence-corrected chi connectivity index (χ1v) is 7.86. The van der Waals surface area contributed by atoms with E-state index in [9.17, 15) is 4.79 Å². The average molecular weight is 311 g/mol. The van der Waals surface area contributed by atoms with Crippen LogP contribution in [-0.4, -0.2) is 9.78 Å². The van der Waals surface area contributed by atoms with Crippen molar-refractivity contribution in [2.24, 2.45) is 5.92 Å². The molecule has 1 aromatic heterocycles. The lowest BCUT2D eigenvalue weighted by Crippen LogP contribution is -2.24. The van der Waals surface area contributed by atoms with E-state index in [0.717, 1.165) is 22.0 Å². The van der Waals surface area contributed by atoms with Gasteiger partial charge < -0.3 is 0 Å². The minimum Gasteiger partial charge on any atom is -0.267 e. The molecule has 0 radical (unpaired) electrons. The monoisotopic (exact) mass is 310 g/mol. The molecule has 1 aliphatic carbocycles. The molecule has 0 amide bonds. The fraction of sp³-hybridized carbons (Fsp3) is 0.222. The largest absolute Gasteiger partial charge is 0.274 e. The summed E-state index contributed by atoms with van der Waals surface area (Å²) >= 11 is 5.98. The maximum absolute atomic E-state index is 12.6. The quantitative estimate of drug-likeness (QED) is 0.729. The topological polar surface area (TPSA) is 34.9 Å². The first-order valence-electron chi connectivity index (χ1n) is 7.48. The van der Waals surface area contributed by atoms with Crippen LogP contribution in [0.4, 0.5) is 0 Å². The Hall–Kier alpha value is -2.13. The van der Waals surface area contributed by atoms with E-state index >= 15 is 0 Å². The molecule has 1 fully saturated rings.